The molecule has 0 atom stereocenters. The summed E-state index contributed by atoms with van der Waals surface area (Å²) in [7, 11) is 1.46. The van der Waals surface area contributed by atoms with Crippen LogP contribution in [0.15, 0.2) is 40.3 Å². The van der Waals surface area contributed by atoms with Crippen molar-refractivity contribution in [2.24, 2.45) is 0 Å². The molecule has 1 aliphatic rings. The molecule has 3 rings (SSSR count). The molecule has 2 amide bonds. The van der Waals surface area contributed by atoms with Crippen molar-refractivity contribution in [3.8, 4) is 11.3 Å². The van der Waals surface area contributed by atoms with Crippen molar-refractivity contribution in [1.29, 1.82) is 0 Å². The second-order valence-electron chi connectivity index (χ2n) is 5.64. The van der Waals surface area contributed by atoms with Gasteiger partial charge >= 0.3 is 0 Å². The summed E-state index contributed by atoms with van der Waals surface area (Å²) in [5.74, 6) is -0.347. The molecule has 0 saturated carbocycles. The highest BCUT2D eigenvalue weighted by Gasteiger charge is 2.31. The quantitative estimate of drug-likeness (QED) is 0.292. The summed E-state index contributed by atoms with van der Waals surface area (Å²) in [5.41, 5.74) is 1.24. The van der Waals surface area contributed by atoms with Gasteiger partial charge in [0, 0.05) is 24.7 Å². The highest BCUT2D eigenvalue weighted by molar-refractivity contribution is 7.80. The van der Waals surface area contributed by atoms with Gasteiger partial charge in [0.15, 0.2) is 5.11 Å². The molecular weight excluding hydrogens is 358 g/mol. The van der Waals surface area contributed by atoms with E-state index in [0.29, 0.717) is 22.6 Å². The van der Waals surface area contributed by atoms with Crippen molar-refractivity contribution in [3.05, 3.63) is 57.3 Å². The molecule has 1 aliphatic heterocycles. The van der Waals surface area contributed by atoms with Crippen LogP contribution in [-0.2, 0) is 9.59 Å². The number of aryl methyl sites for hydroxylation is 1. The van der Waals surface area contributed by atoms with Gasteiger partial charge in [-0.25, -0.2) is 0 Å². The molecule has 1 aromatic carbocycles. The Morgan fingerprint density at radius 1 is 1.27 bits per heavy atom. The van der Waals surface area contributed by atoms with Crippen LogP contribution in [0.25, 0.3) is 17.4 Å². The first-order valence-corrected chi connectivity index (χ1v) is 7.89. The second kappa shape index (κ2) is 6.52. The zero-order valence-corrected chi connectivity index (χ0v) is 14.6. The number of likely N-dealkylation sites (N-methyl/N-ethyl adjacent to an activating group) is 1. The van der Waals surface area contributed by atoms with E-state index in [2.05, 4.69) is 5.32 Å². The van der Waals surface area contributed by atoms with Crippen LogP contribution in [0.2, 0.25) is 0 Å². The Morgan fingerprint density at radius 3 is 2.65 bits per heavy atom. The van der Waals surface area contributed by atoms with Crippen molar-refractivity contribution in [2.75, 3.05) is 7.05 Å². The highest BCUT2D eigenvalue weighted by atomic mass is 32.1. The summed E-state index contributed by atoms with van der Waals surface area (Å²) in [6.07, 6.45) is 1.33. The van der Waals surface area contributed by atoms with Gasteiger partial charge in [-0.2, -0.15) is 0 Å². The zero-order valence-electron chi connectivity index (χ0n) is 13.8. The normalized spacial score (nSPS) is 16.2. The highest BCUT2D eigenvalue weighted by Crippen LogP contribution is 2.29. The lowest BCUT2D eigenvalue weighted by molar-refractivity contribution is -0.384. The average Bonchev–Trinajstić information content (AvgIpc) is 3.05. The Morgan fingerprint density at radius 2 is 2.00 bits per heavy atom. The molecule has 0 bridgehead atoms. The number of nitrogens with one attached hydrogen (secondary N) is 1. The molecule has 8 nitrogen and oxygen atoms in total. The van der Waals surface area contributed by atoms with Crippen molar-refractivity contribution in [2.45, 2.75) is 6.92 Å². The van der Waals surface area contributed by atoms with E-state index in [-0.39, 0.29) is 16.4 Å². The van der Waals surface area contributed by atoms with Crippen molar-refractivity contribution in [1.82, 2.24) is 10.2 Å². The number of nitro benzene ring substituents is 1. The minimum absolute atomic E-state index is 0.0105. The first-order chi connectivity index (χ1) is 12.3. The number of thiocarbonyl (C=S) groups is 1. The van der Waals surface area contributed by atoms with Gasteiger partial charge in [0.05, 0.1) is 4.92 Å². The van der Waals surface area contributed by atoms with Gasteiger partial charge in [-0.3, -0.25) is 29.9 Å². The fraction of sp³-hybridized carbons (Fsp3) is 0.118. The summed E-state index contributed by atoms with van der Waals surface area (Å²) in [4.78, 5) is 35.7. The van der Waals surface area contributed by atoms with Gasteiger partial charge in [-0.05, 0) is 49.0 Å². The number of benzene rings is 1. The van der Waals surface area contributed by atoms with E-state index >= 15 is 0 Å². The second-order valence-corrected chi connectivity index (χ2v) is 6.03. The first-order valence-electron chi connectivity index (χ1n) is 7.48. The third-order valence-electron chi connectivity index (χ3n) is 3.90. The molecule has 0 aliphatic carbocycles. The Kier molecular flexibility index (Phi) is 4.39. The average molecular weight is 371 g/mol. The molecular formula is C17H13N3O5S. The maximum Gasteiger partial charge on any atom is 0.269 e. The minimum atomic E-state index is -0.595. The summed E-state index contributed by atoms with van der Waals surface area (Å²) in [5, 5.41) is 13.3. The van der Waals surface area contributed by atoms with Crippen LogP contribution >= 0.6 is 12.2 Å². The maximum atomic E-state index is 12.2. The standard InChI is InChI=1S/C17H13N3O5S/c1-9-7-10(20(23)24)3-5-12(9)14-6-4-11(25-14)8-13-15(21)18-17(26)19(2)16(13)22/h3-8H,1-2H3,(H,18,21,26)/b13-8+. The van der Waals surface area contributed by atoms with Gasteiger partial charge in [0.1, 0.15) is 17.1 Å². The molecule has 1 fully saturated rings. The number of rotatable bonds is 3. The lowest BCUT2D eigenvalue weighted by atomic mass is 10.1. The van der Waals surface area contributed by atoms with Crippen LogP contribution in [0, 0.1) is 17.0 Å². The minimum Gasteiger partial charge on any atom is -0.457 e. The van der Waals surface area contributed by atoms with E-state index < -0.39 is 16.7 Å². The molecule has 2 heterocycles. The summed E-state index contributed by atoms with van der Waals surface area (Å²) in [6.45, 7) is 1.73. The van der Waals surface area contributed by atoms with E-state index in [1.54, 1.807) is 25.1 Å². The smallest absolute Gasteiger partial charge is 0.269 e. The van der Waals surface area contributed by atoms with Crippen LogP contribution < -0.4 is 5.32 Å². The first kappa shape index (κ1) is 17.5. The van der Waals surface area contributed by atoms with Crippen molar-refractivity contribution < 1.29 is 18.9 Å². The molecule has 0 spiro atoms. The van der Waals surface area contributed by atoms with E-state index in [9.17, 15) is 19.7 Å². The van der Waals surface area contributed by atoms with Gasteiger partial charge in [0.2, 0.25) is 0 Å². The van der Waals surface area contributed by atoms with Crippen LogP contribution in [-0.4, -0.2) is 33.8 Å². The monoisotopic (exact) mass is 371 g/mol. The van der Waals surface area contributed by atoms with E-state index in [0.717, 1.165) is 4.90 Å². The lowest BCUT2D eigenvalue weighted by Crippen LogP contribution is -2.52. The number of amides is 2. The van der Waals surface area contributed by atoms with E-state index in [4.69, 9.17) is 16.6 Å². The third kappa shape index (κ3) is 3.11. The SMILES string of the molecule is Cc1cc([N+](=O)[O-])ccc1-c1ccc(/C=C2\C(=O)NC(=S)N(C)C2=O)o1. The van der Waals surface area contributed by atoms with E-state index in [1.807, 2.05) is 0 Å². The number of hydrogen-bond donors (Lipinski definition) is 1. The Labute approximate surface area is 153 Å². The number of non-ortho nitro benzene ring substituents is 1. The third-order valence-corrected chi connectivity index (χ3v) is 4.28. The molecule has 132 valence electrons. The van der Waals surface area contributed by atoms with Crippen LogP contribution in [0.3, 0.4) is 0 Å². The van der Waals surface area contributed by atoms with Gasteiger partial charge < -0.3 is 4.42 Å². The van der Waals surface area contributed by atoms with Gasteiger partial charge in [-0.1, -0.05) is 0 Å². The Bertz CT molecular complexity index is 992. The number of nitro groups is 1. The molecule has 26 heavy (non-hydrogen) atoms. The largest absolute Gasteiger partial charge is 0.457 e. The molecule has 1 aromatic heterocycles. The number of carbonyl (C=O) groups excluding carboxylic acids is 2. The molecule has 0 radical (unpaired) electrons. The number of nitrogens with zero attached hydrogens (tertiary/aromatic N) is 2. The van der Waals surface area contributed by atoms with Crippen LogP contribution in [0.4, 0.5) is 5.69 Å². The summed E-state index contributed by atoms with van der Waals surface area (Å²) < 4.78 is 5.68. The summed E-state index contributed by atoms with van der Waals surface area (Å²) in [6, 6.07) is 7.70. The predicted octanol–water partition coefficient (Wildman–Crippen LogP) is 2.42. The topological polar surface area (TPSA) is 106 Å². The Balaban J connectivity index is 1.93. The van der Waals surface area contributed by atoms with Gasteiger partial charge in [0.25, 0.3) is 17.5 Å². The lowest BCUT2D eigenvalue weighted by Gasteiger charge is -2.24. The Hall–Kier alpha value is -3.33. The maximum absolute atomic E-state index is 12.2. The number of hydrogen-bond acceptors (Lipinski definition) is 6. The van der Waals surface area contributed by atoms with E-state index in [1.165, 1.54) is 25.3 Å². The fourth-order valence-electron chi connectivity index (χ4n) is 2.50. The van der Waals surface area contributed by atoms with Crippen LogP contribution in [0.1, 0.15) is 11.3 Å². The molecule has 1 saturated heterocycles. The molecule has 1 N–H and O–H groups in total. The molecule has 9 heteroatoms. The van der Waals surface area contributed by atoms with Crippen molar-refractivity contribution in [3.63, 3.8) is 0 Å². The summed E-state index contributed by atoms with van der Waals surface area (Å²) >= 11 is 4.89. The van der Waals surface area contributed by atoms with Crippen LogP contribution in [0.5, 0.6) is 0 Å². The number of furan rings is 1. The molecule has 0 unspecified atom stereocenters. The van der Waals surface area contributed by atoms with Crippen molar-refractivity contribution >= 4 is 40.9 Å². The van der Waals surface area contributed by atoms with Gasteiger partial charge in [-0.15, -0.1) is 0 Å². The fourth-order valence-corrected chi connectivity index (χ4v) is 2.68. The molecule has 2 aromatic rings. The predicted molar refractivity (Wildman–Crippen MR) is 97.0 cm³/mol. The zero-order chi connectivity index (χ0) is 19.0. The number of carbonyl (C=O) groups is 2.